The molecule has 2 aromatic carbocycles. The Hall–Kier alpha value is -3.72. The number of nitrogens with zero attached hydrogens (tertiary/aromatic N) is 4. The second-order valence-electron chi connectivity index (χ2n) is 9.35. The summed E-state index contributed by atoms with van der Waals surface area (Å²) < 4.78 is 13.3. The van der Waals surface area contributed by atoms with E-state index < -0.39 is 5.69 Å². The standard InChI is InChI=1S/C26H27N5O4/c1-34-20-5-4-6-21-22(20)19-13-30(12-17(19)14-35-21)9-2-3-10-31-24-18(25(32)29-26(31)33)8-7-16-11-27-15-28-23(16)24/h4-8,11,15,17,19H,2-3,9-10,12-14H2,1H3,(H,29,32,33)/t17-,19+/m0/s1. The van der Waals surface area contributed by atoms with E-state index in [4.69, 9.17) is 9.47 Å². The van der Waals surface area contributed by atoms with E-state index in [1.807, 2.05) is 24.3 Å². The van der Waals surface area contributed by atoms with Crippen molar-refractivity contribution in [2.24, 2.45) is 5.92 Å². The summed E-state index contributed by atoms with van der Waals surface area (Å²) in [6.07, 6.45) is 4.89. The van der Waals surface area contributed by atoms with E-state index in [1.54, 1.807) is 23.9 Å². The van der Waals surface area contributed by atoms with Gasteiger partial charge in [-0.2, -0.15) is 0 Å². The SMILES string of the molecule is COc1cccc2c1[C@@H]1CN(CCCCn3c(=O)[nH]c(=O)c4ccc5cncnc5c43)C[C@H]1CO2. The Morgan fingerprint density at radius 3 is 2.91 bits per heavy atom. The Morgan fingerprint density at radius 1 is 1.14 bits per heavy atom. The normalized spacial score (nSPS) is 19.5. The molecule has 0 radical (unpaired) electrons. The van der Waals surface area contributed by atoms with Gasteiger partial charge in [-0.3, -0.25) is 14.3 Å². The fourth-order valence-electron chi connectivity index (χ4n) is 5.68. The van der Waals surface area contributed by atoms with Crippen LogP contribution in [0.1, 0.15) is 24.3 Å². The van der Waals surface area contributed by atoms with Gasteiger partial charge < -0.3 is 14.4 Å². The molecule has 9 heteroatoms. The van der Waals surface area contributed by atoms with Crippen LogP contribution >= 0.6 is 0 Å². The van der Waals surface area contributed by atoms with Crippen molar-refractivity contribution in [3.63, 3.8) is 0 Å². The summed E-state index contributed by atoms with van der Waals surface area (Å²) in [5.41, 5.74) is 1.60. The van der Waals surface area contributed by atoms with Gasteiger partial charge in [-0.1, -0.05) is 12.1 Å². The van der Waals surface area contributed by atoms with E-state index in [-0.39, 0.29) is 5.56 Å². The Balaban J connectivity index is 1.17. The lowest BCUT2D eigenvalue weighted by atomic mass is 9.86. The van der Waals surface area contributed by atoms with Crippen LogP contribution < -0.4 is 20.7 Å². The van der Waals surface area contributed by atoms with Crippen LogP contribution in [0.5, 0.6) is 11.5 Å². The maximum atomic E-state index is 12.7. The Bertz CT molecular complexity index is 1510. The van der Waals surface area contributed by atoms with Gasteiger partial charge >= 0.3 is 5.69 Å². The molecule has 1 saturated heterocycles. The Morgan fingerprint density at radius 2 is 2.03 bits per heavy atom. The fourth-order valence-corrected chi connectivity index (χ4v) is 5.68. The number of fused-ring (bicyclic) bond motifs is 6. The molecule has 1 fully saturated rings. The van der Waals surface area contributed by atoms with E-state index in [9.17, 15) is 9.59 Å². The number of aryl methyl sites for hydroxylation is 1. The maximum Gasteiger partial charge on any atom is 0.328 e. The maximum absolute atomic E-state index is 12.7. The lowest BCUT2D eigenvalue weighted by Gasteiger charge is -2.29. The van der Waals surface area contributed by atoms with Gasteiger partial charge in [0, 0.05) is 48.6 Å². The van der Waals surface area contributed by atoms with Crippen molar-refractivity contribution in [2.45, 2.75) is 25.3 Å². The van der Waals surface area contributed by atoms with Gasteiger partial charge in [0.2, 0.25) is 0 Å². The largest absolute Gasteiger partial charge is 0.496 e. The zero-order valence-electron chi connectivity index (χ0n) is 19.6. The van der Waals surface area contributed by atoms with Gasteiger partial charge in [0.05, 0.1) is 30.1 Å². The van der Waals surface area contributed by atoms with Gasteiger partial charge in [-0.05, 0) is 37.6 Å². The zero-order valence-corrected chi connectivity index (χ0v) is 19.6. The molecule has 0 saturated carbocycles. The van der Waals surface area contributed by atoms with Gasteiger partial charge in [-0.15, -0.1) is 0 Å². The number of likely N-dealkylation sites (tertiary alicyclic amines) is 1. The third kappa shape index (κ3) is 3.76. The molecule has 180 valence electrons. The molecule has 2 aliphatic rings. The van der Waals surface area contributed by atoms with Crippen LogP contribution in [0, 0.1) is 5.92 Å². The average molecular weight is 474 g/mol. The molecule has 9 nitrogen and oxygen atoms in total. The Kier molecular flexibility index (Phi) is 5.49. The molecule has 0 unspecified atom stereocenters. The summed E-state index contributed by atoms with van der Waals surface area (Å²) in [7, 11) is 1.71. The first-order valence-electron chi connectivity index (χ1n) is 12.0. The summed E-state index contributed by atoms with van der Waals surface area (Å²) in [6.45, 7) is 4.15. The van der Waals surface area contributed by atoms with Crippen LogP contribution in [0.2, 0.25) is 0 Å². The van der Waals surface area contributed by atoms with Crippen LogP contribution in [0.3, 0.4) is 0 Å². The number of ether oxygens (including phenoxy) is 2. The van der Waals surface area contributed by atoms with Gasteiger partial charge in [0.25, 0.3) is 5.56 Å². The topological polar surface area (TPSA) is 102 Å². The van der Waals surface area contributed by atoms with Crippen molar-refractivity contribution in [3.05, 3.63) is 69.3 Å². The number of nitrogens with one attached hydrogen (secondary N) is 1. The predicted molar refractivity (Wildman–Crippen MR) is 132 cm³/mol. The number of aromatic amines is 1. The highest BCUT2D eigenvalue weighted by molar-refractivity contribution is 6.02. The number of aromatic nitrogens is 4. The van der Waals surface area contributed by atoms with Crippen LogP contribution in [-0.2, 0) is 6.54 Å². The molecule has 2 atom stereocenters. The number of hydrogen-bond donors (Lipinski definition) is 1. The minimum Gasteiger partial charge on any atom is -0.496 e. The van der Waals surface area contributed by atoms with Crippen LogP contribution in [-0.4, -0.2) is 57.8 Å². The van der Waals surface area contributed by atoms with E-state index in [1.165, 1.54) is 11.9 Å². The van der Waals surface area contributed by atoms with Crippen molar-refractivity contribution in [3.8, 4) is 11.5 Å². The summed E-state index contributed by atoms with van der Waals surface area (Å²) in [5, 5.41) is 1.27. The molecule has 2 aromatic heterocycles. The predicted octanol–water partition coefficient (Wildman–Crippen LogP) is 2.53. The van der Waals surface area contributed by atoms with Crippen molar-refractivity contribution in [1.29, 1.82) is 0 Å². The summed E-state index contributed by atoms with van der Waals surface area (Å²) in [5.74, 6) is 2.70. The molecule has 2 aliphatic heterocycles. The quantitative estimate of drug-likeness (QED) is 0.339. The zero-order chi connectivity index (χ0) is 23.9. The smallest absolute Gasteiger partial charge is 0.328 e. The third-order valence-corrected chi connectivity index (χ3v) is 7.32. The van der Waals surface area contributed by atoms with E-state index >= 15 is 0 Å². The first kappa shape index (κ1) is 21.8. The molecule has 0 aliphatic carbocycles. The third-order valence-electron chi connectivity index (χ3n) is 7.32. The lowest BCUT2D eigenvalue weighted by molar-refractivity contribution is 0.209. The molecule has 6 rings (SSSR count). The molecule has 0 bridgehead atoms. The molecular weight excluding hydrogens is 446 g/mol. The minimum absolute atomic E-state index is 0.389. The summed E-state index contributed by atoms with van der Waals surface area (Å²) in [6, 6.07) is 9.55. The molecular formula is C26H27N5O4. The van der Waals surface area contributed by atoms with E-state index in [0.29, 0.717) is 34.8 Å². The van der Waals surface area contributed by atoms with Crippen molar-refractivity contribution in [2.75, 3.05) is 33.4 Å². The highest BCUT2D eigenvalue weighted by Crippen LogP contribution is 2.46. The van der Waals surface area contributed by atoms with Crippen LogP contribution in [0.4, 0.5) is 0 Å². The van der Waals surface area contributed by atoms with Crippen molar-refractivity contribution in [1.82, 2.24) is 24.4 Å². The highest BCUT2D eigenvalue weighted by atomic mass is 16.5. The first-order chi connectivity index (χ1) is 17.1. The number of hydrogen-bond acceptors (Lipinski definition) is 7. The van der Waals surface area contributed by atoms with E-state index in [2.05, 4.69) is 19.9 Å². The molecule has 1 N–H and O–H groups in total. The van der Waals surface area contributed by atoms with Gasteiger partial charge in [-0.25, -0.2) is 14.8 Å². The highest BCUT2D eigenvalue weighted by Gasteiger charge is 2.40. The number of H-pyrrole nitrogens is 1. The van der Waals surface area contributed by atoms with Crippen molar-refractivity contribution < 1.29 is 9.47 Å². The van der Waals surface area contributed by atoms with Crippen LogP contribution in [0.25, 0.3) is 21.8 Å². The number of benzene rings is 2. The molecule has 0 spiro atoms. The van der Waals surface area contributed by atoms with Crippen molar-refractivity contribution >= 4 is 21.8 Å². The second-order valence-corrected chi connectivity index (χ2v) is 9.35. The monoisotopic (exact) mass is 473 g/mol. The fraction of sp³-hybridized carbons (Fsp3) is 0.385. The van der Waals surface area contributed by atoms with Gasteiger partial charge in [0.15, 0.2) is 0 Å². The average Bonchev–Trinajstić information content (AvgIpc) is 3.30. The molecule has 4 heterocycles. The number of unbranched alkanes of at least 4 members (excludes halogenated alkanes) is 1. The minimum atomic E-state index is -0.401. The summed E-state index contributed by atoms with van der Waals surface area (Å²) >= 11 is 0. The first-order valence-corrected chi connectivity index (χ1v) is 12.0. The van der Waals surface area contributed by atoms with Gasteiger partial charge in [0.1, 0.15) is 17.8 Å². The Labute approximate surface area is 201 Å². The van der Waals surface area contributed by atoms with Crippen LogP contribution in [0.15, 0.2) is 52.4 Å². The second kappa shape index (κ2) is 8.81. The number of methoxy groups -OCH3 is 1. The molecule has 35 heavy (non-hydrogen) atoms. The molecule has 4 aromatic rings. The molecule has 0 amide bonds. The van der Waals surface area contributed by atoms with E-state index in [0.717, 1.165) is 56.0 Å². The lowest BCUT2D eigenvalue weighted by Crippen LogP contribution is -2.31. The number of rotatable bonds is 6. The summed E-state index contributed by atoms with van der Waals surface area (Å²) in [4.78, 5) is 38.5.